The molecular formula is C26H24ClN3O6. The first-order valence-corrected chi connectivity index (χ1v) is 11.3. The minimum atomic E-state index is -0.642. The number of rotatable bonds is 8. The third-order valence-corrected chi connectivity index (χ3v) is 5.68. The van der Waals surface area contributed by atoms with Crippen LogP contribution >= 0.6 is 11.6 Å². The summed E-state index contributed by atoms with van der Waals surface area (Å²) < 4.78 is 27.3. The predicted molar refractivity (Wildman–Crippen MR) is 136 cm³/mol. The van der Waals surface area contributed by atoms with Gasteiger partial charge in [0.2, 0.25) is 5.88 Å². The standard InChI is InChI=1S/C26H24ClN3O6/c1-15(16-5-7-17(32-2)8-6-16)35-26(31)30-21-10-9-18(11-20(21)27)36-25-19-12-23(33-3)24(34-4)13-22(19)28-14-29-25/h5-15H,1-4H3,(H,30,31). The van der Waals surface area contributed by atoms with Crippen molar-refractivity contribution in [2.45, 2.75) is 13.0 Å². The lowest BCUT2D eigenvalue weighted by molar-refractivity contribution is 0.121. The van der Waals surface area contributed by atoms with Gasteiger partial charge in [-0.05, 0) is 42.8 Å². The summed E-state index contributed by atoms with van der Waals surface area (Å²) in [7, 11) is 4.68. The Balaban J connectivity index is 1.46. The molecule has 0 bridgehead atoms. The summed E-state index contributed by atoms with van der Waals surface area (Å²) in [5.41, 5.74) is 1.82. The maximum Gasteiger partial charge on any atom is 0.412 e. The van der Waals surface area contributed by atoms with E-state index < -0.39 is 12.2 Å². The van der Waals surface area contributed by atoms with Crippen molar-refractivity contribution < 1.29 is 28.5 Å². The van der Waals surface area contributed by atoms with Crippen LogP contribution in [0, 0.1) is 0 Å². The molecule has 1 N–H and O–H groups in total. The number of ether oxygens (including phenoxy) is 5. The molecule has 0 aliphatic carbocycles. The number of methoxy groups -OCH3 is 3. The van der Waals surface area contributed by atoms with Crippen molar-refractivity contribution in [3.05, 3.63) is 71.5 Å². The Bertz CT molecular complexity index is 1380. The average Bonchev–Trinajstić information content (AvgIpc) is 2.89. The van der Waals surface area contributed by atoms with Crippen LogP contribution in [0.4, 0.5) is 10.5 Å². The van der Waals surface area contributed by atoms with E-state index in [2.05, 4.69) is 15.3 Å². The molecule has 0 radical (unpaired) electrons. The summed E-state index contributed by atoms with van der Waals surface area (Å²) in [6, 6.07) is 15.6. The molecular weight excluding hydrogens is 486 g/mol. The van der Waals surface area contributed by atoms with Crippen molar-refractivity contribution >= 4 is 34.3 Å². The van der Waals surface area contributed by atoms with E-state index in [0.717, 1.165) is 11.3 Å². The molecule has 4 rings (SSSR count). The molecule has 1 amide bonds. The van der Waals surface area contributed by atoms with E-state index in [-0.39, 0.29) is 5.02 Å². The van der Waals surface area contributed by atoms with Crippen LogP contribution < -0.4 is 24.3 Å². The maximum absolute atomic E-state index is 12.4. The van der Waals surface area contributed by atoms with Gasteiger partial charge in [-0.3, -0.25) is 5.32 Å². The molecule has 10 heteroatoms. The second-order valence-corrected chi connectivity index (χ2v) is 8.00. The van der Waals surface area contributed by atoms with Crippen molar-refractivity contribution in [1.29, 1.82) is 0 Å². The highest BCUT2D eigenvalue weighted by molar-refractivity contribution is 6.33. The van der Waals surface area contributed by atoms with E-state index in [0.29, 0.717) is 39.7 Å². The zero-order valence-corrected chi connectivity index (χ0v) is 20.8. The van der Waals surface area contributed by atoms with Crippen LogP contribution in [0.25, 0.3) is 10.9 Å². The topological polar surface area (TPSA) is 101 Å². The number of carbonyl (C=O) groups is 1. The summed E-state index contributed by atoms with van der Waals surface area (Å²) in [4.78, 5) is 20.9. The average molecular weight is 510 g/mol. The van der Waals surface area contributed by atoms with Crippen molar-refractivity contribution in [2.24, 2.45) is 0 Å². The van der Waals surface area contributed by atoms with Crippen molar-refractivity contribution in [1.82, 2.24) is 9.97 Å². The van der Waals surface area contributed by atoms with Gasteiger partial charge in [-0.25, -0.2) is 14.8 Å². The highest BCUT2D eigenvalue weighted by Gasteiger charge is 2.16. The fourth-order valence-electron chi connectivity index (χ4n) is 3.46. The molecule has 9 nitrogen and oxygen atoms in total. The van der Waals surface area contributed by atoms with Gasteiger partial charge in [-0.1, -0.05) is 23.7 Å². The third-order valence-electron chi connectivity index (χ3n) is 5.36. The van der Waals surface area contributed by atoms with E-state index in [4.69, 9.17) is 35.3 Å². The Labute approximate surface area is 212 Å². The van der Waals surface area contributed by atoms with Crippen LogP contribution in [0.15, 0.2) is 60.9 Å². The lowest BCUT2D eigenvalue weighted by Gasteiger charge is -2.15. The monoisotopic (exact) mass is 509 g/mol. The Morgan fingerprint density at radius 1 is 0.889 bits per heavy atom. The van der Waals surface area contributed by atoms with Crippen molar-refractivity contribution in [2.75, 3.05) is 26.6 Å². The summed E-state index contributed by atoms with van der Waals surface area (Å²) in [5.74, 6) is 2.51. The number of hydrogen-bond acceptors (Lipinski definition) is 8. The lowest BCUT2D eigenvalue weighted by atomic mass is 10.1. The molecule has 0 aliphatic heterocycles. The van der Waals surface area contributed by atoms with E-state index in [1.165, 1.54) is 6.33 Å². The number of amides is 1. The van der Waals surface area contributed by atoms with Crippen LogP contribution in [0.5, 0.6) is 28.9 Å². The molecule has 0 fully saturated rings. The summed E-state index contributed by atoms with van der Waals surface area (Å²) in [6.45, 7) is 1.77. The molecule has 3 aromatic carbocycles. The molecule has 186 valence electrons. The number of carbonyl (C=O) groups excluding carboxylic acids is 1. The van der Waals surface area contributed by atoms with Gasteiger partial charge in [0.05, 0.1) is 42.9 Å². The first-order valence-electron chi connectivity index (χ1n) is 10.9. The molecule has 0 spiro atoms. The van der Waals surface area contributed by atoms with Crippen LogP contribution in [0.3, 0.4) is 0 Å². The molecule has 0 saturated carbocycles. The molecule has 4 aromatic rings. The van der Waals surface area contributed by atoms with Gasteiger partial charge >= 0.3 is 6.09 Å². The maximum atomic E-state index is 12.4. The van der Waals surface area contributed by atoms with E-state index in [9.17, 15) is 4.79 Å². The highest BCUT2D eigenvalue weighted by atomic mass is 35.5. The van der Waals surface area contributed by atoms with Gasteiger partial charge in [0, 0.05) is 12.1 Å². The first-order chi connectivity index (χ1) is 17.4. The SMILES string of the molecule is COc1ccc(C(C)OC(=O)Nc2ccc(Oc3ncnc4cc(OC)c(OC)cc34)cc2Cl)cc1. The smallest absolute Gasteiger partial charge is 0.412 e. The fourth-order valence-corrected chi connectivity index (χ4v) is 3.67. The Hall–Kier alpha value is -4.24. The van der Waals surface area contributed by atoms with Crippen molar-refractivity contribution in [3.8, 4) is 28.9 Å². The van der Waals surface area contributed by atoms with Crippen LogP contribution in [-0.2, 0) is 4.74 Å². The molecule has 0 saturated heterocycles. The van der Waals surface area contributed by atoms with E-state index in [1.807, 2.05) is 12.1 Å². The van der Waals surface area contributed by atoms with Gasteiger partial charge in [0.15, 0.2) is 11.5 Å². The first kappa shape index (κ1) is 24.9. The number of anilines is 1. The van der Waals surface area contributed by atoms with Crippen molar-refractivity contribution in [3.63, 3.8) is 0 Å². The number of nitrogens with zero attached hydrogens (tertiary/aromatic N) is 2. The van der Waals surface area contributed by atoms with Gasteiger partial charge in [-0.2, -0.15) is 0 Å². The molecule has 0 aliphatic rings. The molecule has 36 heavy (non-hydrogen) atoms. The number of nitrogens with one attached hydrogen (secondary N) is 1. The van der Waals surface area contributed by atoms with Crippen LogP contribution in [0.1, 0.15) is 18.6 Å². The fraction of sp³-hybridized carbons (Fsp3) is 0.192. The second kappa shape index (κ2) is 11.0. The Morgan fingerprint density at radius 2 is 1.58 bits per heavy atom. The normalized spacial score (nSPS) is 11.5. The number of halogens is 1. The second-order valence-electron chi connectivity index (χ2n) is 7.59. The zero-order chi connectivity index (χ0) is 25.7. The number of fused-ring (bicyclic) bond motifs is 1. The van der Waals surface area contributed by atoms with Crippen LogP contribution in [-0.4, -0.2) is 37.4 Å². The lowest BCUT2D eigenvalue weighted by Crippen LogP contribution is -2.16. The Morgan fingerprint density at radius 3 is 2.25 bits per heavy atom. The van der Waals surface area contributed by atoms with Gasteiger partial charge in [-0.15, -0.1) is 0 Å². The van der Waals surface area contributed by atoms with Gasteiger partial charge in [0.25, 0.3) is 0 Å². The minimum Gasteiger partial charge on any atom is -0.497 e. The molecule has 1 aromatic heterocycles. The molecule has 1 unspecified atom stereocenters. The van der Waals surface area contributed by atoms with Gasteiger partial charge < -0.3 is 23.7 Å². The minimum absolute atomic E-state index is 0.263. The van der Waals surface area contributed by atoms with E-state index in [1.54, 1.807) is 70.7 Å². The summed E-state index contributed by atoms with van der Waals surface area (Å²) >= 11 is 6.40. The Kier molecular flexibility index (Phi) is 7.60. The van der Waals surface area contributed by atoms with E-state index >= 15 is 0 Å². The number of benzene rings is 3. The summed E-state index contributed by atoms with van der Waals surface area (Å²) in [5, 5.41) is 3.54. The summed E-state index contributed by atoms with van der Waals surface area (Å²) in [6.07, 6.45) is 0.275. The highest BCUT2D eigenvalue weighted by Crippen LogP contribution is 2.37. The number of aromatic nitrogens is 2. The largest absolute Gasteiger partial charge is 0.497 e. The predicted octanol–water partition coefficient (Wildman–Crippen LogP) is 6.41. The molecule has 1 heterocycles. The third kappa shape index (κ3) is 5.52. The quantitative estimate of drug-likeness (QED) is 0.290. The number of hydrogen-bond donors (Lipinski definition) is 1. The van der Waals surface area contributed by atoms with Crippen LogP contribution in [0.2, 0.25) is 5.02 Å². The zero-order valence-electron chi connectivity index (χ0n) is 20.1. The van der Waals surface area contributed by atoms with Gasteiger partial charge in [0.1, 0.15) is 23.9 Å². The molecule has 1 atom stereocenters.